The third kappa shape index (κ3) is 13.8. The number of nitrogens with zero attached hydrogens (tertiary/aromatic N) is 2. The smallest absolute Gasteiger partial charge is 0.411 e. The van der Waals surface area contributed by atoms with Crippen LogP contribution >= 0.6 is 0 Å². The number of benzene rings is 8. The van der Waals surface area contributed by atoms with Gasteiger partial charge in [0.2, 0.25) is 0 Å². The lowest BCUT2D eigenvalue weighted by Crippen LogP contribution is -2.20. The van der Waals surface area contributed by atoms with Gasteiger partial charge in [-0.1, -0.05) is 72.8 Å². The lowest BCUT2D eigenvalue weighted by atomic mass is 9.77. The Hall–Kier alpha value is -14.2. The molecule has 0 spiro atoms. The first-order valence-corrected chi connectivity index (χ1v) is 38.1. The largest absolute Gasteiger partial charge is 0.496 e. The second-order valence-electron chi connectivity index (χ2n) is 28.4. The molecule has 0 fully saturated rings. The van der Waals surface area contributed by atoms with Gasteiger partial charge in [-0.2, -0.15) is 0 Å². The van der Waals surface area contributed by atoms with Gasteiger partial charge >= 0.3 is 24.4 Å². The molecule has 0 atom stereocenters. The second kappa shape index (κ2) is 31.8. The molecule has 8 aromatic carbocycles. The number of hydrogen-bond donors (Lipinski definition) is 6. The van der Waals surface area contributed by atoms with Gasteiger partial charge in [-0.3, -0.25) is 21.3 Å². The molecular formula is C92H82N8O16. The van der Waals surface area contributed by atoms with Crippen molar-refractivity contribution < 1.29 is 76.0 Å². The van der Waals surface area contributed by atoms with Crippen LogP contribution in [0.25, 0.3) is 90.9 Å². The highest BCUT2D eigenvalue weighted by molar-refractivity contribution is 6.07. The number of H-pyrrole nitrogens is 2. The first kappa shape index (κ1) is 74.6. The first-order valence-electron chi connectivity index (χ1n) is 38.1. The summed E-state index contributed by atoms with van der Waals surface area (Å²) in [6.07, 6.45) is 4.95. The Balaban J connectivity index is 1.05. The summed E-state index contributed by atoms with van der Waals surface area (Å²) in [6, 6.07) is 52.7. The highest BCUT2D eigenvalue weighted by Gasteiger charge is 2.37. The number of anilines is 4. The summed E-state index contributed by atoms with van der Waals surface area (Å²) in [4.78, 5) is 80.0. The van der Waals surface area contributed by atoms with E-state index in [0.717, 1.165) is 0 Å². The molecule has 116 heavy (non-hydrogen) atoms. The van der Waals surface area contributed by atoms with Gasteiger partial charge in [0.1, 0.15) is 46.0 Å². The summed E-state index contributed by atoms with van der Waals surface area (Å²) in [5, 5.41) is 12.7. The number of amides is 4. The lowest BCUT2D eigenvalue weighted by molar-refractivity contribution is 0.157. The normalized spacial score (nSPS) is 16.9. The average molecular weight is 1560 g/mol. The highest BCUT2D eigenvalue weighted by Crippen LogP contribution is 2.54. The van der Waals surface area contributed by atoms with E-state index in [9.17, 15) is 0 Å². The molecule has 0 saturated heterocycles. The van der Waals surface area contributed by atoms with Gasteiger partial charge in [0.15, 0.2) is 0 Å². The number of nitrogens with one attached hydrogen (secondary N) is 6. The van der Waals surface area contributed by atoms with Crippen molar-refractivity contribution in [3.63, 3.8) is 0 Å². The number of carbonyl (C=O) groups is 4. The molecule has 9 heterocycles. The van der Waals surface area contributed by atoms with Crippen molar-refractivity contribution in [1.29, 1.82) is 0 Å². The van der Waals surface area contributed by atoms with Crippen LogP contribution < -0.4 is 59.2 Å². The van der Waals surface area contributed by atoms with Gasteiger partial charge in [0, 0.05) is 159 Å². The molecule has 0 saturated carbocycles. The molecule has 586 valence electrons. The molecule has 18 rings (SSSR count). The van der Waals surface area contributed by atoms with Crippen molar-refractivity contribution in [2.45, 2.75) is 49.4 Å². The first-order chi connectivity index (χ1) is 56.8. The van der Waals surface area contributed by atoms with Crippen LogP contribution in [-0.4, -0.2) is 128 Å². The predicted molar refractivity (Wildman–Crippen MR) is 445 cm³/mol. The van der Waals surface area contributed by atoms with Gasteiger partial charge in [-0.25, -0.2) is 29.1 Å². The van der Waals surface area contributed by atoms with E-state index in [-0.39, 0.29) is 52.1 Å². The molecule has 24 bridgehead atoms. The maximum Gasteiger partial charge on any atom is 0.411 e. The lowest BCUT2D eigenvalue weighted by Gasteiger charge is -2.31. The second-order valence-corrected chi connectivity index (χ2v) is 28.4. The van der Waals surface area contributed by atoms with E-state index < -0.39 is 48.0 Å². The molecule has 24 nitrogen and oxygen atoms in total. The number of aromatic amines is 2. The molecule has 6 aliphatic heterocycles. The van der Waals surface area contributed by atoms with Crippen molar-refractivity contribution >= 4 is 93.5 Å². The quantitative estimate of drug-likeness (QED) is 0.0771. The van der Waals surface area contributed by atoms with E-state index >= 15 is 19.2 Å². The SMILES string of the molecule is COc1cc(OC)c2cc1C1CCOC(=O)Nc3ccccc3-c3c4nc(c5c6ccc([nH]6)c6c7nc(c(c8ccc3[nH]8)-c3ccccc3NC(=O)OCCC2c2cc(c(OC)cc2OC)C(CCOC(=O)Nc2ccccc2-6)c2cc(c(OC)cc2OC)C(CCOC(=O)Nc2ccccc2-5)c2cc1c(OC)cc2OC)C=C7)C=C4. The number of para-hydroxylation sites is 4. The van der Waals surface area contributed by atoms with E-state index in [0.29, 0.717) is 203 Å². The summed E-state index contributed by atoms with van der Waals surface area (Å²) in [6.45, 7) is -0.783. The fourth-order valence-corrected chi connectivity index (χ4v) is 17.1. The zero-order valence-corrected chi connectivity index (χ0v) is 64.9. The maximum absolute atomic E-state index is 15.3. The summed E-state index contributed by atoms with van der Waals surface area (Å²) in [5.41, 5.74) is 14.9. The van der Waals surface area contributed by atoms with Crippen LogP contribution in [-0.2, 0) is 18.9 Å². The molecule has 1 aliphatic carbocycles. The fourth-order valence-electron chi connectivity index (χ4n) is 17.1. The topological polar surface area (TPSA) is 285 Å². The number of aromatic nitrogens is 4. The summed E-state index contributed by atoms with van der Waals surface area (Å²) in [5.74, 6) is -0.0601. The predicted octanol–water partition coefficient (Wildman–Crippen LogP) is 19.7. The molecule has 6 N–H and O–H groups in total. The molecule has 11 aromatic rings. The van der Waals surface area contributed by atoms with Gasteiger partial charge in [0.25, 0.3) is 0 Å². The Kier molecular flexibility index (Phi) is 20.4. The Morgan fingerprint density at radius 2 is 0.474 bits per heavy atom. The van der Waals surface area contributed by atoms with Crippen molar-refractivity contribution in [2.24, 2.45) is 0 Å². The van der Waals surface area contributed by atoms with E-state index in [4.69, 9.17) is 66.8 Å². The Morgan fingerprint density at radius 1 is 0.276 bits per heavy atom. The fraction of sp³-hybridized carbons (Fsp3) is 0.217. The molecular weight excluding hydrogens is 1470 g/mol. The number of ether oxygens (including phenoxy) is 12. The monoisotopic (exact) mass is 1550 g/mol. The summed E-state index contributed by atoms with van der Waals surface area (Å²) in [7, 11) is 12.6. The van der Waals surface area contributed by atoms with Crippen molar-refractivity contribution in [3.8, 4) is 90.5 Å². The molecule has 0 unspecified atom stereocenters. The molecule has 3 aromatic heterocycles. The maximum atomic E-state index is 15.3. The van der Waals surface area contributed by atoms with Gasteiger partial charge < -0.3 is 66.8 Å². The van der Waals surface area contributed by atoms with Crippen molar-refractivity contribution in [2.75, 3.05) is 105 Å². The van der Waals surface area contributed by atoms with Crippen LogP contribution in [0.1, 0.15) is 117 Å². The van der Waals surface area contributed by atoms with E-state index in [1.54, 1.807) is 81.1 Å². The molecule has 24 heteroatoms. The Labute approximate surface area is 667 Å². The Morgan fingerprint density at radius 3 is 0.672 bits per heavy atom. The standard InChI is InChI=1S/C92H82N8O16/c1-105-77-45-78(106-2)58-41-57(77)49-33-37-113-89(101)97-65-21-13-9-17-53(65)85-69-25-27-71(93-69)86-54-18-10-14-22-66(54)98-90(102)114-38-34-50(58)61-43-62(82(110-6)47-81(61)109-5)52-36-40-116-92(104)100-68-24-16-12-20-56(68)88(75-30-29-72(86)95-75)76-32-31-74(96-76)87(73-28-26-70(85)94-73)55-19-11-15-23-67(55)99-91(103)115-39-35-51(60-42-59(49)79(107-3)46-80(60)108-4)63-44-64(52)84(112-8)48-83(63)111-7/h9-32,41-52,93,96H,33-40H2,1-8H3,(H,97,101)(H,98,102)(H,99,103)(H,100,104). The number of methoxy groups -OCH3 is 8. The van der Waals surface area contributed by atoms with E-state index in [1.807, 2.05) is 170 Å². The van der Waals surface area contributed by atoms with E-state index in [2.05, 4.69) is 31.2 Å². The minimum absolute atomic E-state index is 0.0896. The number of hydrogen-bond acceptors (Lipinski definition) is 18. The molecule has 0 radical (unpaired) electrons. The van der Waals surface area contributed by atoms with Crippen LogP contribution in [0.4, 0.5) is 41.9 Å². The summed E-state index contributed by atoms with van der Waals surface area (Å²) >= 11 is 0. The number of carbonyl (C=O) groups excluding carboxylic acids is 4. The van der Waals surface area contributed by atoms with Crippen LogP contribution in [0.15, 0.2) is 170 Å². The number of rotatable bonds is 8. The zero-order valence-electron chi connectivity index (χ0n) is 64.9. The van der Waals surface area contributed by atoms with Crippen LogP contribution in [0, 0.1) is 0 Å². The molecule has 7 aliphatic rings. The average Bonchev–Trinajstić information content (AvgIpc) is 1.00. The third-order valence-corrected chi connectivity index (χ3v) is 22.4. The highest BCUT2D eigenvalue weighted by atomic mass is 16.6. The Bertz CT molecular complexity index is 5350. The van der Waals surface area contributed by atoms with Crippen molar-refractivity contribution in [3.05, 3.63) is 237 Å². The molecule has 4 amide bonds. The van der Waals surface area contributed by atoms with E-state index in [1.165, 1.54) is 0 Å². The van der Waals surface area contributed by atoms with Crippen LogP contribution in [0.3, 0.4) is 0 Å². The van der Waals surface area contributed by atoms with Crippen LogP contribution in [0.2, 0.25) is 0 Å². The van der Waals surface area contributed by atoms with Crippen LogP contribution in [0.5, 0.6) is 46.0 Å². The number of fused-ring (bicyclic) bond motifs is 16. The van der Waals surface area contributed by atoms with Gasteiger partial charge in [-0.15, -0.1) is 0 Å². The summed E-state index contributed by atoms with van der Waals surface area (Å²) < 4.78 is 78.1. The minimum atomic E-state index is -0.792. The third-order valence-electron chi connectivity index (χ3n) is 22.4. The van der Waals surface area contributed by atoms with Gasteiger partial charge in [-0.05, 0) is 123 Å². The van der Waals surface area contributed by atoms with Crippen molar-refractivity contribution in [1.82, 2.24) is 19.9 Å². The zero-order chi connectivity index (χ0) is 79.8. The van der Waals surface area contributed by atoms with Gasteiger partial charge in [0.05, 0.1) is 129 Å². The minimum Gasteiger partial charge on any atom is -0.496 e.